The largest absolute Gasteiger partial charge is 0.464 e. The second kappa shape index (κ2) is 9.01. The molecule has 0 radical (unpaired) electrons. The number of halogens is 1. The van der Waals surface area contributed by atoms with Gasteiger partial charge in [0, 0.05) is 31.1 Å². The summed E-state index contributed by atoms with van der Waals surface area (Å²) in [6.45, 7) is 0. The highest BCUT2D eigenvalue weighted by Gasteiger charge is 2.30. The minimum absolute atomic E-state index is 0.244. The van der Waals surface area contributed by atoms with E-state index in [1.54, 1.807) is 6.07 Å². The molecule has 6 nitrogen and oxygen atoms in total. The van der Waals surface area contributed by atoms with Crippen molar-refractivity contribution >= 4 is 29.4 Å². The number of hydrogen-bond donors (Lipinski definition) is 1. The van der Waals surface area contributed by atoms with Crippen LogP contribution in [0.1, 0.15) is 46.1 Å². The Hall–Kier alpha value is -3.38. The van der Waals surface area contributed by atoms with Crippen LogP contribution >= 0.6 is 11.6 Å². The van der Waals surface area contributed by atoms with E-state index in [1.807, 2.05) is 60.1 Å². The van der Waals surface area contributed by atoms with Gasteiger partial charge in [-0.25, -0.2) is 4.79 Å². The third-order valence-corrected chi connectivity index (χ3v) is 6.34. The van der Waals surface area contributed by atoms with Crippen LogP contribution in [-0.2, 0) is 27.8 Å². The summed E-state index contributed by atoms with van der Waals surface area (Å²) in [4.78, 5) is 35.6. The van der Waals surface area contributed by atoms with Gasteiger partial charge in [-0.3, -0.25) is 14.9 Å². The van der Waals surface area contributed by atoms with Crippen LogP contribution in [-0.4, -0.2) is 29.5 Å². The molecule has 3 aromatic rings. The smallest absolute Gasteiger partial charge is 0.354 e. The maximum absolute atomic E-state index is 12.3. The van der Waals surface area contributed by atoms with Gasteiger partial charge in [0.25, 0.3) is 0 Å². The molecule has 0 saturated carbocycles. The Morgan fingerprint density at radius 3 is 2.56 bits per heavy atom. The Kier molecular flexibility index (Phi) is 6.15. The molecule has 1 N–H and O–H groups in total. The molecule has 1 saturated heterocycles. The van der Waals surface area contributed by atoms with Crippen molar-refractivity contribution in [2.45, 2.75) is 25.2 Å². The van der Waals surface area contributed by atoms with Crippen molar-refractivity contribution in [3.63, 3.8) is 0 Å². The predicted octanol–water partition coefficient (Wildman–Crippen LogP) is 4.24. The van der Waals surface area contributed by atoms with Crippen molar-refractivity contribution in [3.05, 3.63) is 82.1 Å². The van der Waals surface area contributed by atoms with Gasteiger partial charge in [0.15, 0.2) is 0 Å². The molecule has 1 aromatic heterocycles. The lowest BCUT2D eigenvalue weighted by Crippen LogP contribution is -2.39. The van der Waals surface area contributed by atoms with Crippen LogP contribution in [0.4, 0.5) is 0 Å². The monoisotopic (exact) mass is 450 g/mol. The number of hydrogen-bond acceptors (Lipinski definition) is 4. The SMILES string of the molecule is COC(=O)c1ccc(Cc2ccc(-c3cccc(C4CCC(=O)NC4=O)c3Cl)cc2)n1C. The summed E-state index contributed by atoms with van der Waals surface area (Å²) in [6, 6.07) is 17.4. The van der Waals surface area contributed by atoms with Gasteiger partial charge in [0.05, 0.1) is 18.1 Å². The standard InChI is InChI=1S/C25H23ClN2O4/c1-28-17(10-12-21(28)25(31)32-2)14-15-6-8-16(9-7-15)18-4-3-5-19(23(18)26)20-11-13-22(29)27-24(20)30/h3-10,12,20H,11,13-14H2,1-2H3,(H,27,29,30). The second-order valence-corrected chi connectivity index (χ2v) is 8.22. The van der Waals surface area contributed by atoms with Crippen LogP contribution in [0.2, 0.25) is 5.02 Å². The molecule has 32 heavy (non-hydrogen) atoms. The van der Waals surface area contributed by atoms with Crippen LogP contribution < -0.4 is 5.32 Å². The van der Waals surface area contributed by atoms with E-state index in [0.29, 0.717) is 30.0 Å². The molecular weight excluding hydrogens is 428 g/mol. The Morgan fingerprint density at radius 1 is 1.12 bits per heavy atom. The third kappa shape index (κ3) is 4.18. The summed E-state index contributed by atoms with van der Waals surface area (Å²) >= 11 is 6.70. The summed E-state index contributed by atoms with van der Waals surface area (Å²) in [5.74, 6) is -1.34. The number of amides is 2. The zero-order valence-electron chi connectivity index (χ0n) is 17.9. The predicted molar refractivity (Wildman–Crippen MR) is 122 cm³/mol. The number of imide groups is 1. The van der Waals surface area contributed by atoms with E-state index in [2.05, 4.69) is 5.32 Å². The van der Waals surface area contributed by atoms with Gasteiger partial charge in [0.1, 0.15) is 5.69 Å². The molecule has 2 heterocycles. The number of methoxy groups -OCH3 is 1. The van der Waals surface area contributed by atoms with Crippen molar-refractivity contribution in [2.75, 3.05) is 7.11 Å². The molecule has 7 heteroatoms. The average molecular weight is 451 g/mol. The number of esters is 1. The molecule has 1 fully saturated rings. The Morgan fingerprint density at radius 2 is 1.88 bits per heavy atom. The molecule has 1 unspecified atom stereocenters. The molecular formula is C25H23ClN2O4. The number of carbonyl (C=O) groups excluding carboxylic acids is 3. The number of carbonyl (C=O) groups is 3. The van der Waals surface area contributed by atoms with E-state index in [0.717, 1.165) is 27.9 Å². The first-order chi connectivity index (χ1) is 15.4. The minimum Gasteiger partial charge on any atom is -0.464 e. The van der Waals surface area contributed by atoms with Crippen molar-refractivity contribution in [2.24, 2.45) is 7.05 Å². The second-order valence-electron chi connectivity index (χ2n) is 7.85. The van der Waals surface area contributed by atoms with Gasteiger partial charge < -0.3 is 9.30 Å². The highest BCUT2D eigenvalue weighted by atomic mass is 35.5. The maximum atomic E-state index is 12.3. The van der Waals surface area contributed by atoms with Crippen molar-refractivity contribution in [3.8, 4) is 11.1 Å². The van der Waals surface area contributed by atoms with Crippen molar-refractivity contribution < 1.29 is 19.1 Å². The van der Waals surface area contributed by atoms with E-state index in [1.165, 1.54) is 7.11 Å². The molecule has 0 aliphatic carbocycles. The van der Waals surface area contributed by atoms with Crippen LogP contribution in [0.15, 0.2) is 54.6 Å². The molecule has 164 valence electrons. The van der Waals surface area contributed by atoms with E-state index in [-0.39, 0.29) is 17.8 Å². The summed E-state index contributed by atoms with van der Waals surface area (Å²) in [5.41, 5.74) is 5.11. The number of ether oxygens (including phenoxy) is 1. The van der Waals surface area contributed by atoms with Gasteiger partial charge in [-0.2, -0.15) is 0 Å². The zero-order valence-corrected chi connectivity index (χ0v) is 18.6. The quantitative estimate of drug-likeness (QED) is 0.466. The molecule has 2 amide bonds. The number of aromatic nitrogens is 1. The van der Waals surface area contributed by atoms with Crippen LogP contribution in [0.3, 0.4) is 0 Å². The lowest BCUT2D eigenvalue weighted by molar-refractivity contribution is -0.134. The van der Waals surface area contributed by atoms with E-state index < -0.39 is 5.92 Å². The fourth-order valence-electron chi connectivity index (χ4n) is 4.08. The first-order valence-corrected chi connectivity index (χ1v) is 10.7. The van der Waals surface area contributed by atoms with E-state index in [9.17, 15) is 14.4 Å². The Balaban J connectivity index is 1.56. The number of piperidine rings is 1. The van der Waals surface area contributed by atoms with Crippen molar-refractivity contribution in [1.82, 2.24) is 9.88 Å². The Labute approximate surface area is 191 Å². The highest BCUT2D eigenvalue weighted by Crippen LogP contribution is 2.37. The Bertz CT molecular complexity index is 1200. The van der Waals surface area contributed by atoms with E-state index in [4.69, 9.17) is 16.3 Å². The van der Waals surface area contributed by atoms with Crippen LogP contribution in [0.25, 0.3) is 11.1 Å². The molecule has 0 bridgehead atoms. The molecule has 2 aromatic carbocycles. The van der Waals surface area contributed by atoms with Gasteiger partial charge in [0.2, 0.25) is 11.8 Å². The van der Waals surface area contributed by atoms with E-state index >= 15 is 0 Å². The van der Waals surface area contributed by atoms with Gasteiger partial charge >= 0.3 is 5.97 Å². The van der Waals surface area contributed by atoms with Gasteiger partial charge in [-0.05, 0) is 35.2 Å². The first-order valence-electron chi connectivity index (χ1n) is 10.3. The third-order valence-electron chi connectivity index (χ3n) is 5.91. The van der Waals surface area contributed by atoms with Crippen LogP contribution in [0, 0.1) is 0 Å². The lowest BCUT2D eigenvalue weighted by atomic mass is 9.88. The maximum Gasteiger partial charge on any atom is 0.354 e. The van der Waals surface area contributed by atoms with Gasteiger partial charge in [-0.1, -0.05) is 54.1 Å². The first kappa shape index (κ1) is 21.8. The lowest BCUT2D eigenvalue weighted by Gasteiger charge is -2.23. The molecule has 1 aliphatic rings. The zero-order chi connectivity index (χ0) is 22.8. The van der Waals surface area contributed by atoms with Gasteiger partial charge in [-0.15, -0.1) is 0 Å². The summed E-state index contributed by atoms with van der Waals surface area (Å²) < 4.78 is 6.64. The number of nitrogens with zero attached hydrogens (tertiary/aromatic N) is 1. The molecule has 4 rings (SSSR count). The number of benzene rings is 2. The fourth-order valence-corrected chi connectivity index (χ4v) is 4.45. The molecule has 1 atom stereocenters. The summed E-state index contributed by atoms with van der Waals surface area (Å²) in [5, 5.41) is 2.92. The summed E-state index contributed by atoms with van der Waals surface area (Å²) in [7, 11) is 3.21. The average Bonchev–Trinajstić information content (AvgIpc) is 3.14. The van der Waals surface area contributed by atoms with Crippen LogP contribution in [0.5, 0.6) is 0 Å². The number of nitrogens with one attached hydrogen (secondary N) is 1. The topological polar surface area (TPSA) is 77.4 Å². The summed E-state index contributed by atoms with van der Waals surface area (Å²) in [6.07, 6.45) is 1.43. The molecule has 0 spiro atoms. The number of rotatable bonds is 5. The highest BCUT2D eigenvalue weighted by molar-refractivity contribution is 6.34. The fraction of sp³-hybridized carbons (Fsp3) is 0.240. The molecule has 1 aliphatic heterocycles. The van der Waals surface area contributed by atoms with Crippen molar-refractivity contribution in [1.29, 1.82) is 0 Å². The minimum atomic E-state index is -0.430. The normalized spacial score (nSPS) is 16.0.